The third kappa shape index (κ3) is 4.39. The van der Waals surface area contributed by atoms with E-state index in [-0.39, 0.29) is 5.91 Å². The molecule has 8 nitrogen and oxygen atoms in total. The van der Waals surface area contributed by atoms with Gasteiger partial charge in [0.2, 0.25) is 11.0 Å². The number of aromatic nitrogens is 4. The molecule has 1 aliphatic carbocycles. The van der Waals surface area contributed by atoms with Crippen molar-refractivity contribution < 1.29 is 4.79 Å². The summed E-state index contributed by atoms with van der Waals surface area (Å²) in [5.41, 5.74) is 0. The minimum Gasteiger partial charge on any atom is -0.353 e. The Balaban J connectivity index is 1.25. The number of H-pyrrole nitrogens is 1. The molecule has 2 aromatic rings. The largest absolute Gasteiger partial charge is 0.353 e. The molecule has 1 saturated carbocycles. The van der Waals surface area contributed by atoms with E-state index in [1.54, 1.807) is 6.20 Å². The summed E-state index contributed by atoms with van der Waals surface area (Å²) in [5, 5.41) is 13.4. The van der Waals surface area contributed by atoms with Crippen molar-refractivity contribution in [1.29, 1.82) is 0 Å². The van der Waals surface area contributed by atoms with Crippen molar-refractivity contribution in [3.8, 4) is 0 Å². The van der Waals surface area contributed by atoms with Crippen LogP contribution in [0.3, 0.4) is 0 Å². The number of rotatable bonds is 6. The predicted molar refractivity (Wildman–Crippen MR) is 100 cm³/mol. The van der Waals surface area contributed by atoms with Crippen LogP contribution in [0.25, 0.3) is 0 Å². The molecule has 0 unspecified atom stereocenters. The molecule has 0 atom stereocenters. The van der Waals surface area contributed by atoms with Gasteiger partial charge in [-0.25, -0.2) is 4.98 Å². The Morgan fingerprint density at radius 1 is 1.23 bits per heavy atom. The van der Waals surface area contributed by atoms with Crippen LogP contribution in [-0.4, -0.2) is 63.2 Å². The van der Waals surface area contributed by atoms with Gasteiger partial charge < -0.3 is 15.2 Å². The SMILES string of the molecule is O=C(Cc1nnc(N2CCN(Cc3ncc[nH]3)CC2)s1)NC1CCCC1. The van der Waals surface area contributed by atoms with E-state index in [4.69, 9.17) is 0 Å². The molecular formula is C17H25N7OS. The maximum atomic E-state index is 12.1. The van der Waals surface area contributed by atoms with Crippen molar-refractivity contribution in [3.63, 3.8) is 0 Å². The number of nitrogens with zero attached hydrogens (tertiary/aromatic N) is 5. The normalized spacial score (nSPS) is 19.2. The number of nitrogens with one attached hydrogen (secondary N) is 2. The van der Waals surface area contributed by atoms with Gasteiger partial charge in [0.25, 0.3) is 0 Å². The summed E-state index contributed by atoms with van der Waals surface area (Å²) in [6, 6.07) is 0.358. The van der Waals surface area contributed by atoms with Gasteiger partial charge in [-0.2, -0.15) is 0 Å². The molecule has 2 aliphatic rings. The van der Waals surface area contributed by atoms with Crippen molar-refractivity contribution in [2.75, 3.05) is 31.1 Å². The molecule has 1 amide bonds. The third-order valence-corrected chi connectivity index (χ3v) is 6.04. The van der Waals surface area contributed by atoms with Crippen LogP contribution in [0.4, 0.5) is 5.13 Å². The summed E-state index contributed by atoms with van der Waals surface area (Å²) in [5.74, 6) is 1.08. The zero-order valence-corrected chi connectivity index (χ0v) is 15.7. The molecule has 0 aromatic carbocycles. The van der Waals surface area contributed by atoms with Gasteiger partial charge in [-0.3, -0.25) is 9.69 Å². The van der Waals surface area contributed by atoms with Crippen molar-refractivity contribution in [3.05, 3.63) is 23.2 Å². The van der Waals surface area contributed by atoms with Gasteiger partial charge in [0, 0.05) is 44.6 Å². The first-order chi connectivity index (χ1) is 12.8. The number of imidazole rings is 1. The molecule has 1 aliphatic heterocycles. The highest BCUT2D eigenvalue weighted by atomic mass is 32.1. The Morgan fingerprint density at radius 2 is 2.04 bits per heavy atom. The van der Waals surface area contributed by atoms with E-state index >= 15 is 0 Å². The van der Waals surface area contributed by atoms with Crippen LogP contribution in [0.5, 0.6) is 0 Å². The first-order valence-electron chi connectivity index (χ1n) is 9.33. The van der Waals surface area contributed by atoms with Crippen LogP contribution in [0.15, 0.2) is 12.4 Å². The molecule has 4 rings (SSSR count). The van der Waals surface area contributed by atoms with E-state index in [0.717, 1.165) is 61.5 Å². The quantitative estimate of drug-likeness (QED) is 0.788. The van der Waals surface area contributed by atoms with Crippen LogP contribution in [0, 0.1) is 0 Å². The number of piperazine rings is 1. The Hall–Kier alpha value is -2.00. The molecule has 2 N–H and O–H groups in total. The molecule has 140 valence electrons. The van der Waals surface area contributed by atoms with Crippen LogP contribution < -0.4 is 10.2 Å². The van der Waals surface area contributed by atoms with Gasteiger partial charge in [-0.1, -0.05) is 24.2 Å². The van der Waals surface area contributed by atoms with Gasteiger partial charge in [0.1, 0.15) is 10.8 Å². The average Bonchev–Trinajstić information content (AvgIpc) is 3.38. The fourth-order valence-corrected chi connectivity index (χ4v) is 4.51. The van der Waals surface area contributed by atoms with Gasteiger partial charge in [0.15, 0.2) is 0 Å². The summed E-state index contributed by atoms with van der Waals surface area (Å²) in [6.07, 6.45) is 8.64. The zero-order valence-electron chi connectivity index (χ0n) is 14.9. The summed E-state index contributed by atoms with van der Waals surface area (Å²) in [6.45, 7) is 4.63. The van der Waals surface area contributed by atoms with Crippen molar-refractivity contribution >= 4 is 22.4 Å². The molecule has 0 bridgehead atoms. The highest BCUT2D eigenvalue weighted by Crippen LogP contribution is 2.23. The lowest BCUT2D eigenvalue weighted by Gasteiger charge is -2.33. The topological polar surface area (TPSA) is 90.0 Å². The van der Waals surface area contributed by atoms with Crippen molar-refractivity contribution in [2.45, 2.75) is 44.7 Å². The summed E-state index contributed by atoms with van der Waals surface area (Å²) >= 11 is 1.54. The number of anilines is 1. The third-order valence-electron chi connectivity index (χ3n) is 5.06. The van der Waals surface area contributed by atoms with Gasteiger partial charge >= 0.3 is 0 Å². The minimum atomic E-state index is 0.0721. The highest BCUT2D eigenvalue weighted by molar-refractivity contribution is 7.15. The minimum absolute atomic E-state index is 0.0721. The number of hydrogen-bond donors (Lipinski definition) is 2. The summed E-state index contributed by atoms with van der Waals surface area (Å²) in [4.78, 5) is 24.2. The van der Waals surface area contributed by atoms with Gasteiger partial charge in [-0.05, 0) is 12.8 Å². The van der Waals surface area contributed by atoms with Crippen LogP contribution in [-0.2, 0) is 17.8 Å². The Morgan fingerprint density at radius 3 is 2.77 bits per heavy atom. The van der Waals surface area contributed by atoms with Crippen LogP contribution in [0.2, 0.25) is 0 Å². The second-order valence-electron chi connectivity index (χ2n) is 7.00. The Bertz CT molecular complexity index is 703. The second-order valence-corrected chi connectivity index (χ2v) is 8.04. The highest BCUT2D eigenvalue weighted by Gasteiger charge is 2.22. The molecule has 26 heavy (non-hydrogen) atoms. The predicted octanol–water partition coefficient (Wildman–Crippen LogP) is 1.18. The first kappa shape index (κ1) is 17.4. The molecule has 2 aromatic heterocycles. The van der Waals surface area contributed by atoms with Crippen LogP contribution in [0.1, 0.15) is 36.5 Å². The van der Waals surface area contributed by atoms with Gasteiger partial charge in [-0.15, -0.1) is 10.2 Å². The first-order valence-corrected chi connectivity index (χ1v) is 10.2. The standard InChI is InChI=1S/C17H25N7OS/c25-15(20-13-3-1-2-4-13)11-16-21-22-17(26-16)24-9-7-23(8-10-24)12-14-18-5-6-19-14/h5-6,13H,1-4,7-12H2,(H,18,19)(H,20,25). The Kier molecular flexibility index (Phi) is 5.45. The Labute approximate surface area is 157 Å². The molecule has 3 heterocycles. The zero-order chi connectivity index (χ0) is 17.8. The maximum absolute atomic E-state index is 12.1. The monoisotopic (exact) mass is 375 g/mol. The molecule has 0 radical (unpaired) electrons. The second kappa shape index (κ2) is 8.13. The van der Waals surface area contributed by atoms with E-state index in [1.807, 2.05) is 6.20 Å². The number of carbonyl (C=O) groups is 1. The smallest absolute Gasteiger partial charge is 0.227 e. The van der Waals surface area contributed by atoms with E-state index in [2.05, 4.69) is 35.3 Å². The molecule has 2 fully saturated rings. The number of hydrogen-bond acceptors (Lipinski definition) is 7. The fourth-order valence-electron chi connectivity index (χ4n) is 3.62. The lowest BCUT2D eigenvalue weighted by molar-refractivity contribution is -0.121. The average molecular weight is 376 g/mol. The molecule has 9 heteroatoms. The molecule has 1 saturated heterocycles. The van der Waals surface area contributed by atoms with E-state index in [0.29, 0.717) is 12.5 Å². The fraction of sp³-hybridized carbons (Fsp3) is 0.647. The summed E-state index contributed by atoms with van der Waals surface area (Å²) < 4.78 is 0. The number of amides is 1. The van der Waals surface area contributed by atoms with Gasteiger partial charge in [0.05, 0.1) is 13.0 Å². The van der Waals surface area contributed by atoms with E-state index in [1.165, 1.54) is 24.2 Å². The van der Waals surface area contributed by atoms with Crippen LogP contribution >= 0.6 is 11.3 Å². The van der Waals surface area contributed by atoms with Crippen molar-refractivity contribution in [2.24, 2.45) is 0 Å². The maximum Gasteiger partial charge on any atom is 0.227 e. The van der Waals surface area contributed by atoms with E-state index in [9.17, 15) is 4.79 Å². The van der Waals surface area contributed by atoms with Crippen molar-refractivity contribution in [1.82, 2.24) is 30.4 Å². The molecule has 0 spiro atoms. The molecular weight excluding hydrogens is 350 g/mol. The van der Waals surface area contributed by atoms with E-state index < -0.39 is 0 Å². The lowest BCUT2D eigenvalue weighted by atomic mass is 10.2. The number of aromatic amines is 1. The summed E-state index contributed by atoms with van der Waals surface area (Å²) in [7, 11) is 0. The lowest BCUT2D eigenvalue weighted by Crippen LogP contribution is -2.46. The number of carbonyl (C=O) groups excluding carboxylic acids is 1.